The van der Waals surface area contributed by atoms with Crippen molar-refractivity contribution in [2.45, 2.75) is 89.8 Å². The zero-order valence-electron chi connectivity index (χ0n) is 17.0. The fourth-order valence-electron chi connectivity index (χ4n) is 8.68. The molecule has 0 unspecified atom stereocenters. The first-order valence-corrected chi connectivity index (χ1v) is 11.0. The van der Waals surface area contributed by atoms with Crippen LogP contribution in [0.5, 0.6) is 0 Å². The zero-order valence-corrected chi connectivity index (χ0v) is 17.0. The molecule has 5 nitrogen and oxygen atoms in total. The highest BCUT2D eigenvalue weighted by atomic mass is 16.8. The number of rotatable bonds is 1. The van der Waals surface area contributed by atoms with E-state index in [9.17, 15) is 15.3 Å². The summed E-state index contributed by atoms with van der Waals surface area (Å²) >= 11 is 0. The Kier molecular flexibility index (Phi) is 3.82. The summed E-state index contributed by atoms with van der Waals surface area (Å²) in [6.07, 6.45) is 8.39. The van der Waals surface area contributed by atoms with E-state index in [-0.39, 0.29) is 34.9 Å². The number of hydrogen-bond donors (Lipinski definition) is 3. The van der Waals surface area contributed by atoms with Crippen molar-refractivity contribution in [1.82, 2.24) is 0 Å². The normalized spacial score (nSPS) is 62.4. The molecule has 5 aliphatic rings. The molecule has 2 bridgehead atoms. The van der Waals surface area contributed by atoms with Gasteiger partial charge in [-0.25, -0.2) is 0 Å². The monoisotopic (exact) mass is 380 g/mol. The van der Waals surface area contributed by atoms with Crippen molar-refractivity contribution in [1.29, 1.82) is 0 Å². The summed E-state index contributed by atoms with van der Waals surface area (Å²) in [6.45, 7) is 6.87. The summed E-state index contributed by atoms with van der Waals surface area (Å²) in [6, 6.07) is 0. The Bertz CT molecular complexity index is 636. The molecule has 0 aromatic carbocycles. The van der Waals surface area contributed by atoms with Gasteiger partial charge in [-0.1, -0.05) is 13.8 Å². The van der Waals surface area contributed by atoms with Crippen LogP contribution in [0.4, 0.5) is 0 Å². The van der Waals surface area contributed by atoms with Gasteiger partial charge in [0.1, 0.15) is 0 Å². The van der Waals surface area contributed by atoms with Gasteiger partial charge in [0.25, 0.3) is 5.97 Å². The van der Waals surface area contributed by atoms with E-state index in [2.05, 4.69) is 13.8 Å². The van der Waals surface area contributed by atoms with Crippen LogP contribution in [0.1, 0.15) is 72.1 Å². The first-order valence-electron chi connectivity index (χ1n) is 11.0. The van der Waals surface area contributed by atoms with E-state index >= 15 is 0 Å². The average Bonchev–Trinajstić information content (AvgIpc) is 2.97. The summed E-state index contributed by atoms with van der Waals surface area (Å²) in [4.78, 5) is 0. The number of ether oxygens (including phenoxy) is 2. The Morgan fingerprint density at radius 2 is 1.74 bits per heavy atom. The fourth-order valence-corrected chi connectivity index (χ4v) is 8.68. The smallest absolute Gasteiger partial charge is 0.277 e. The van der Waals surface area contributed by atoms with Crippen LogP contribution in [0.25, 0.3) is 0 Å². The summed E-state index contributed by atoms with van der Waals surface area (Å²) < 4.78 is 11.8. The molecule has 0 amide bonds. The van der Waals surface area contributed by atoms with Crippen molar-refractivity contribution in [2.75, 3.05) is 13.2 Å². The van der Waals surface area contributed by atoms with Crippen molar-refractivity contribution in [2.24, 2.45) is 34.0 Å². The molecule has 5 heteroatoms. The maximum Gasteiger partial charge on any atom is 0.277 e. The number of fused-ring (bicyclic) bond motifs is 4. The van der Waals surface area contributed by atoms with Gasteiger partial charge in [0.05, 0.1) is 24.9 Å². The minimum Gasteiger partial charge on any atom is -0.393 e. The largest absolute Gasteiger partial charge is 0.393 e. The first-order chi connectivity index (χ1) is 12.6. The average molecular weight is 381 g/mol. The Morgan fingerprint density at radius 3 is 2.48 bits per heavy atom. The second-order valence-corrected chi connectivity index (χ2v) is 11.1. The molecule has 5 fully saturated rings. The van der Waals surface area contributed by atoms with Crippen molar-refractivity contribution in [3.8, 4) is 0 Å². The molecule has 1 aliphatic heterocycles. The maximum atomic E-state index is 11.0. The van der Waals surface area contributed by atoms with Gasteiger partial charge in [-0.05, 0) is 80.0 Å². The third kappa shape index (κ3) is 2.24. The molecular weight excluding hydrogens is 344 g/mol. The van der Waals surface area contributed by atoms with E-state index in [4.69, 9.17) is 9.47 Å². The number of aliphatic hydroxyl groups is 3. The van der Waals surface area contributed by atoms with Gasteiger partial charge in [-0.3, -0.25) is 0 Å². The molecule has 0 aromatic heterocycles. The third-order valence-electron chi connectivity index (χ3n) is 10.2. The van der Waals surface area contributed by atoms with Gasteiger partial charge in [-0.15, -0.1) is 0 Å². The minimum absolute atomic E-state index is 0.0439. The molecule has 1 heterocycles. The van der Waals surface area contributed by atoms with Crippen molar-refractivity contribution in [3.63, 3.8) is 0 Å². The van der Waals surface area contributed by atoms with Gasteiger partial charge in [0.2, 0.25) is 0 Å². The summed E-state index contributed by atoms with van der Waals surface area (Å²) in [5.74, 6) is -0.0518. The van der Waals surface area contributed by atoms with Crippen LogP contribution in [0, 0.1) is 34.0 Å². The highest BCUT2D eigenvalue weighted by molar-refractivity contribution is 5.19. The van der Waals surface area contributed by atoms with Gasteiger partial charge in [0, 0.05) is 12.3 Å². The minimum atomic E-state index is -1.46. The summed E-state index contributed by atoms with van der Waals surface area (Å²) in [5, 5.41) is 31.1. The number of hydrogen-bond acceptors (Lipinski definition) is 5. The van der Waals surface area contributed by atoms with Crippen LogP contribution in [0.15, 0.2) is 0 Å². The Morgan fingerprint density at radius 1 is 0.963 bits per heavy atom. The fraction of sp³-hybridized carbons (Fsp3) is 1.00. The standard InChI is InChI=1S/C22H36O5/c1-18-13-26-20(3,24)27-17(18)6-7-19(2)16(18)5-4-14-10-15-11-21(14,19)8-9-22(15,25)12-23/h14-17,23-25H,4-13H2,1-3H3/t14-,15+,16-,17+,18-,19-,20-,21-,22-/m0/s1. The quantitative estimate of drug-likeness (QED) is 0.652. The van der Waals surface area contributed by atoms with Crippen LogP contribution in [0.3, 0.4) is 0 Å². The molecule has 1 saturated heterocycles. The summed E-state index contributed by atoms with van der Waals surface area (Å²) in [7, 11) is 0. The molecule has 27 heavy (non-hydrogen) atoms. The maximum absolute atomic E-state index is 11.0. The highest BCUT2D eigenvalue weighted by Gasteiger charge is 2.71. The Balaban J connectivity index is 1.51. The summed E-state index contributed by atoms with van der Waals surface area (Å²) in [5.41, 5.74) is -0.457. The van der Waals surface area contributed by atoms with Crippen molar-refractivity contribution < 1.29 is 24.8 Å². The number of aliphatic hydroxyl groups excluding tert-OH is 1. The van der Waals surface area contributed by atoms with E-state index in [1.165, 1.54) is 12.8 Å². The second-order valence-electron chi connectivity index (χ2n) is 11.1. The lowest BCUT2D eigenvalue weighted by Gasteiger charge is -2.68. The van der Waals surface area contributed by atoms with E-state index in [0.29, 0.717) is 18.4 Å². The highest BCUT2D eigenvalue weighted by Crippen LogP contribution is 2.75. The van der Waals surface area contributed by atoms with Crippen molar-refractivity contribution >= 4 is 0 Å². The van der Waals surface area contributed by atoms with Crippen LogP contribution >= 0.6 is 0 Å². The molecule has 9 atom stereocenters. The van der Waals surface area contributed by atoms with E-state index in [1.807, 2.05) is 0 Å². The zero-order chi connectivity index (χ0) is 19.3. The first kappa shape index (κ1) is 18.8. The van der Waals surface area contributed by atoms with Crippen LogP contribution < -0.4 is 0 Å². The molecule has 5 rings (SSSR count). The molecule has 0 radical (unpaired) electrons. The van der Waals surface area contributed by atoms with E-state index in [0.717, 1.165) is 38.5 Å². The van der Waals surface area contributed by atoms with E-state index < -0.39 is 11.6 Å². The third-order valence-corrected chi connectivity index (χ3v) is 10.2. The Hall–Kier alpha value is -0.200. The van der Waals surface area contributed by atoms with Crippen molar-refractivity contribution in [3.05, 3.63) is 0 Å². The topological polar surface area (TPSA) is 79.2 Å². The predicted molar refractivity (Wildman–Crippen MR) is 99.5 cm³/mol. The Labute approximate surface area is 162 Å². The molecular formula is C22H36O5. The predicted octanol–water partition coefficient (Wildman–Crippen LogP) is 2.81. The van der Waals surface area contributed by atoms with Crippen LogP contribution in [-0.2, 0) is 9.47 Å². The van der Waals surface area contributed by atoms with Gasteiger partial charge >= 0.3 is 0 Å². The van der Waals surface area contributed by atoms with Crippen LogP contribution in [0.2, 0.25) is 0 Å². The SMILES string of the molecule is C[C@]1(O)OC[C@]2(C)[C@@H](CC[C@@]3(C)[C@H]2CC[C@H]2C[C@@H]4C[C@@]23CC[C@]4(O)CO)O1. The van der Waals surface area contributed by atoms with Gasteiger partial charge in [0.15, 0.2) is 0 Å². The molecule has 4 aliphatic carbocycles. The van der Waals surface area contributed by atoms with Gasteiger partial charge < -0.3 is 24.8 Å². The molecule has 154 valence electrons. The lowest BCUT2D eigenvalue weighted by atomic mass is 9.39. The van der Waals surface area contributed by atoms with E-state index in [1.54, 1.807) is 6.92 Å². The lowest BCUT2D eigenvalue weighted by Crippen LogP contribution is -2.66. The van der Waals surface area contributed by atoms with Gasteiger partial charge in [-0.2, -0.15) is 0 Å². The molecule has 4 saturated carbocycles. The van der Waals surface area contributed by atoms with Crippen LogP contribution in [-0.4, -0.2) is 46.2 Å². The second kappa shape index (κ2) is 5.48. The molecule has 0 aromatic rings. The molecule has 3 N–H and O–H groups in total. The lowest BCUT2D eigenvalue weighted by molar-refractivity contribution is -0.432. The molecule has 1 spiro atoms.